The van der Waals surface area contributed by atoms with Gasteiger partial charge in [-0.25, -0.2) is 9.97 Å². The molecule has 4 rings (SSSR count). The molecule has 4 nitrogen and oxygen atoms in total. The Morgan fingerprint density at radius 2 is 2.09 bits per heavy atom. The van der Waals surface area contributed by atoms with Crippen LogP contribution in [0, 0.1) is 12.8 Å². The van der Waals surface area contributed by atoms with Gasteiger partial charge < -0.3 is 9.88 Å². The van der Waals surface area contributed by atoms with E-state index in [0.717, 1.165) is 43.0 Å². The van der Waals surface area contributed by atoms with E-state index >= 15 is 0 Å². The molecule has 0 bridgehead atoms. The Morgan fingerprint density at radius 1 is 1.22 bits per heavy atom. The van der Waals surface area contributed by atoms with Gasteiger partial charge in [0.2, 0.25) is 0 Å². The van der Waals surface area contributed by atoms with Crippen molar-refractivity contribution < 1.29 is 0 Å². The van der Waals surface area contributed by atoms with Gasteiger partial charge in [0.25, 0.3) is 0 Å². The molecule has 23 heavy (non-hydrogen) atoms. The molecule has 1 saturated heterocycles. The maximum atomic E-state index is 4.85. The van der Waals surface area contributed by atoms with Gasteiger partial charge in [0, 0.05) is 19.2 Å². The number of benzene rings is 1. The predicted molar refractivity (Wildman–Crippen MR) is 92.5 cm³/mol. The molecule has 1 atom stereocenters. The number of pyridine rings is 1. The van der Waals surface area contributed by atoms with E-state index in [9.17, 15) is 0 Å². The Morgan fingerprint density at radius 3 is 2.87 bits per heavy atom. The highest BCUT2D eigenvalue weighted by Crippen LogP contribution is 2.20. The predicted octanol–water partition coefficient (Wildman–Crippen LogP) is 2.94. The number of fused-ring (bicyclic) bond motifs is 1. The maximum Gasteiger partial charge on any atom is 0.160 e. The Kier molecular flexibility index (Phi) is 3.83. The highest BCUT2D eigenvalue weighted by Gasteiger charge is 2.19. The number of nitrogens with zero attached hydrogens (tertiary/aromatic N) is 3. The van der Waals surface area contributed by atoms with Crippen molar-refractivity contribution in [3.63, 3.8) is 0 Å². The van der Waals surface area contributed by atoms with Crippen LogP contribution in [0.4, 0.5) is 0 Å². The van der Waals surface area contributed by atoms with E-state index in [1.54, 1.807) is 0 Å². The van der Waals surface area contributed by atoms with Crippen molar-refractivity contribution in [2.45, 2.75) is 26.3 Å². The van der Waals surface area contributed by atoms with Gasteiger partial charge in [-0.2, -0.15) is 0 Å². The molecule has 0 saturated carbocycles. The van der Waals surface area contributed by atoms with E-state index in [1.165, 1.54) is 17.5 Å². The molecule has 1 aromatic carbocycles. The summed E-state index contributed by atoms with van der Waals surface area (Å²) in [6, 6.07) is 12.8. The highest BCUT2D eigenvalue weighted by atomic mass is 15.1. The van der Waals surface area contributed by atoms with E-state index in [1.807, 2.05) is 12.3 Å². The van der Waals surface area contributed by atoms with Gasteiger partial charge in [0.05, 0.1) is 0 Å². The Bertz CT molecular complexity index is 798. The number of imidazole rings is 1. The van der Waals surface area contributed by atoms with Crippen molar-refractivity contribution in [3.05, 3.63) is 59.5 Å². The maximum absolute atomic E-state index is 4.85. The molecule has 1 aliphatic heterocycles. The van der Waals surface area contributed by atoms with Crippen LogP contribution in [-0.2, 0) is 13.0 Å². The third-order valence-electron chi connectivity index (χ3n) is 4.67. The number of hydrogen-bond donors (Lipinski definition) is 1. The molecule has 0 radical (unpaired) electrons. The van der Waals surface area contributed by atoms with Gasteiger partial charge in [-0.15, -0.1) is 0 Å². The molecule has 1 unspecified atom stereocenters. The minimum Gasteiger partial charge on any atom is -0.316 e. The third-order valence-corrected chi connectivity index (χ3v) is 4.67. The average Bonchev–Trinajstić information content (AvgIpc) is 3.19. The van der Waals surface area contributed by atoms with Crippen LogP contribution in [0.5, 0.6) is 0 Å². The Labute approximate surface area is 136 Å². The van der Waals surface area contributed by atoms with Gasteiger partial charge in [0.1, 0.15) is 11.3 Å². The number of hydrogen-bond acceptors (Lipinski definition) is 3. The third kappa shape index (κ3) is 2.99. The summed E-state index contributed by atoms with van der Waals surface area (Å²) in [7, 11) is 0. The lowest BCUT2D eigenvalue weighted by Crippen LogP contribution is -2.16. The average molecular weight is 306 g/mol. The summed E-state index contributed by atoms with van der Waals surface area (Å²) in [5, 5.41) is 3.45. The van der Waals surface area contributed by atoms with Gasteiger partial charge in [0.15, 0.2) is 5.65 Å². The van der Waals surface area contributed by atoms with Crippen LogP contribution in [0.25, 0.3) is 11.2 Å². The molecular weight excluding hydrogens is 284 g/mol. The van der Waals surface area contributed by atoms with E-state index in [2.05, 4.69) is 52.1 Å². The second-order valence-corrected chi connectivity index (χ2v) is 6.51. The molecule has 4 heteroatoms. The molecule has 1 aliphatic rings. The van der Waals surface area contributed by atoms with Crippen LogP contribution in [0.1, 0.15) is 23.4 Å². The van der Waals surface area contributed by atoms with Crippen LogP contribution < -0.4 is 5.32 Å². The number of rotatable bonds is 4. The summed E-state index contributed by atoms with van der Waals surface area (Å²) in [6.07, 6.45) is 3.95. The molecule has 1 fully saturated rings. The van der Waals surface area contributed by atoms with E-state index in [-0.39, 0.29) is 0 Å². The molecule has 3 heterocycles. The number of aryl methyl sites for hydroxylation is 1. The van der Waals surface area contributed by atoms with Gasteiger partial charge in [-0.1, -0.05) is 29.8 Å². The van der Waals surface area contributed by atoms with Crippen molar-refractivity contribution in [3.8, 4) is 0 Å². The zero-order valence-electron chi connectivity index (χ0n) is 13.5. The van der Waals surface area contributed by atoms with Crippen LogP contribution in [0.2, 0.25) is 0 Å². The first-order chi connectivity index (χ1) is 11.3. The smallest absolute Gasteiger partial charge is 0.160 e. The van der Waals surface area contributed by atoms with Crippen molar-refractivity contribution in [1.82, 2.24) is 19.9 Å². The second-order valence-electron chi connectivity index (χ2n) is 6.51. The zero-order valence-corrected chi connectivity index (χ0v) is 13.5. The summed E-state index contributed by atoms with van der Waals surface area (Å²) >= 11 is 0. The van der Waals surface area contributed by atoms with Crippen LogP contribution >= 0.6 is 0 Å². The van der Waals surface area contributed by atoms with Crippen LogP contribution in [0.3, 0.4) is 0 Å². The fourth-order valence-corrected chi connectivity index (χ4v) is 3.35. The molecule has 0 spiro atoms. The summed E-state index contributed by atoms with van der Waals surface area (Å²) in [4.78, 5) is 9.43. The monoisotopic (exact) mass is 306 g/mol. The lowest BCUT2D eigenvalue weighted by atomic mass is 10.1. The number of nitrogens with one attached hydrogen (secondary N) is 1. The number of aromatic nitrogens is 3. The second kappa shape index (κ2) is 6.13. The Balaban J connectivity index is 1.70. The van der Waals surface area contributed by atoms with Gasteiger partial charge in [-0.05, 0) is 50.0 Å². The molecule has 3 aromatic rings. The molecule has 0 aliphatic carbocycles. The van der Waals surface area contributed by atoms with Crippen molar-refractivity contribution >= 4 is 11.2 Å². The normalized spacial score (nSPS) is 17.9. The Hall–Kier alpha value is -2.20. The standard InChI is InChI=1S/C19H22N4/c1-14-4-6-15(7-5-14)11-18-22-17-3-2-9-21-19(17)23(18)13-16-8-10-20-12-16/h2-7,9,16,20H,8,10-13H2,1H3. The largest absolute Gasteiger partial charge is 0.316 e. The summed E-state index contributed by atoms with van der Waals surface area (Å²) in [5.74, 6) is 1.79. The quantitative estimate of drug-likeness (QED) is 0.806. The van der Waals surface area contributed by atoms with Crippen molar-refractivity contribution in [2.75, 3.05) is 13.1 Å². The summed E-state index contributed by atoms with van der Waals surface area (Å²) in [5.41, 5.74) is 4.61. The SMILES string of the molecule is Cc1ccc(Cc2nc3cccnc3n2CC2CCNC2)cc1. The fraction of sp³-hybridized carbons (Fsp3) is 0.368. The van der Waals surface area contributed by atoms with E-state index in [0.29, 0.717) is 5.92 Å². The zero-order chi connectivity index (χ0) is 15.6. The molecule has 118 valence electrons. The molecule has 1 N–H and O–H groups in total. The minimum absolute atomic E-state index is 0.672. The summed E-state index contributed by atoms with van der Waals surface area (Å²) in [6.45, 7) is 5.34. The van der Waals surface area contributed by atoms with Crippen molar-refractivity contribution in [1.29, 1.82) is 0 Å². The summed E-state index contributed by atoms with van der Waals surface area (Å²) < 4.78 is 2.33. The van der Waals surface area contributed by atoms with Crippen LogP contribution in [0.15, 0.2) is 42.6 Å². The first-order valence-corrected chi connectivity index (χ1v) is 8.36. The first-order valence-electron chi connectivity index (χ1n) is 8.36. The minimum atomic E-state index is 0.672. The lowest BCUT2D eigenvalue weighted by molar-refractivity contribution is 0.478. The highest BCUT2D eigenvalue weighted by molar-refractivity contribution is 5.71. The van der Waals surface area contributed by atoms with Crippen molar-refractivity contribution in [2.24, 2.45) is 5.92 Å². The lowest BCUT2D eigenvalue weighted by Gasteiger charge is -2.13. The van der Waals surface area contributed by atoms with Gasteiger partial charge >= 0.3 is 0 Å². The van der Waals surface area contributed by atoms with Gasteiger partial charge in [-0.3, -0.25) is 0 Å². The van der Waals surface area contributed by atoms with E-state index < -0.39 is 0 Å². The van der Waals surface area contributed by atoms with E-state index in [4.69, 9.17) is 4.98 Å². The first kappa shape index (κ1) is 14.4. The van der Waals surface area contributed by atoms with Crippen LogP contribution in [-0.4, -0.2) is 27.6 Å². The molecule has 2 aromatic heterocycles. The molecule has 0 amide bonds. The topological polar surface area (TPSA) is 42.7 Å². The molecular formula is C19H22N4. The fourth-order valence-electron chi connectivity index (χ4n) is 3.35.